The molecule has 0 spiro atoms. The van der Waals surface area contributed by atoms with Crippen LogP contribution in [0.1, 0.15) is 12.0 Å². The Morgan fingerprint density at radius 1 is 1.27 bits per heavy atom. The zero-order valence-electron chi connectivity index (χ0n) is 12.7. The Labute approximate surface area is 131 Å². The predicted molar refractivity (Wildman–Crippen MR) is 89.9 cm³/mol. The molecule has 1 heterocycles. The fourth-order valence-electron chi connectivity index (χ4n) is 2.11. The molecule has 22 heavy (non-hydrogen) atoms. The molecule has 4 nitrogen and oxygen atoms in total. The number of rotatable bonds is 7. The van der Waals surface area contributed by atoms with Gasteiger partial charge in [0, 0.05) is 37.9 Å². The Morgan fingerprint density at radius 3 is 2.64 bits per heavy atom. The van der Waals surface area contributed by atoms with E-state index >= 15 is 0 Å². The molecule has 114 valence electrons. The first-order chi connectivity index (χ1) is 10.7. The quantitative estimate of drug-likeness (QED) is 0.770. The lowest BCUT2D eigenvalue weighted by Crippen LogP contribution is -2.31. The third-order valence-electron chi connectivity index (χ3n) is 3.48. The summed E-state index contributed by atoms with van der Waals surface area (Å²) in [6.45, 7) is 0.668. The van der Waals surface area contributed by atoms with Crippen molar-refractivity contribution < 1.29 is 5.11 Å². The average Bonchev–Trinajstić information content (AvgIpc) is 2.59. The van der Waals surface area contributed by atoms with Gasteiger partial charge in [0.2, 0.25) is 0 Å². The number of para-hydroxylation sites is 1. The van der Waals surface area contributed by atoms with E-state index in [1.54, 1.807) is 0 Å². The molecule has 1 unspecified atom stereocenters. The van der Waals surface area contributed by atoms with Gasteiger partial charge in [0.1, 0.15) is 5.82 Å². The first kappa shape index (κ1) is 16.0. The summed E-state index contributed by atoms with van der Waals surface area (Å²) in [5.74, 6) is 3.44. The summed E-state index contributed by atoms with van der Waals surface area (Å²) in [6.07, 6.45) is 7.62. The maximum Gasteiger partial charge on any atom is 0.132 e. The minimum Gasteiger partial charge on any atom is -0.395 e. The highest BCUT2D eigenvalue weighted by atomic mass is 16.3. The number of hydrogen-bond acceptors (Lipinski definition) is 4. The van der Waals surface area contributed by atoms with Gasteiger partial charge in [0.05, 0.1) is 6.61 Å². The van der Waals surface area contributed by atoms with Gasteiger partial charge in [-0.25, -0.2) is 4.98 Å². The lowest BCUT2D eigenvalue weighted by Gasteiger charge is -2.18. The second-order valence-corrected chi connectivity index (χ2v) is 5.09. The van der Waals surface area contributed by atoms with Crippen molar-refractivity contribution in [1.82, 2.24) is 10.3 Å². The molecule has 1 atom stereocenters. The number of aromatic nitrogens is 1. The van der Waals surface area contributed by atoms with E-state index < -0.39 is 0 Å². The normalized spacial score (nSPS) is 11.7. The Kier molecular flexibility index (Phi) is 5.96. The summed E-state index contributed by atoms with van der Waals surface area (Å²) in [5, 5.41) is 12.4. The molecule has 0 aliphatic carbocycles. The molecule has 2 N–H and O–H groups in total. The van der Waals surface area contributed by atoms with Crippen molar-refractivity contribution in [3.8, 4) is 12.3 Å². The molecule has 0 aliphatic heterocycles. The Balaban J connectivity index is 1.97. The minimum atomic E-state index is -0.0725. The average molecular weight is 295 g/mol. The molecule has 2 aromatic rings. The largest absolute Gasteiger partial charge is 0.395 e. The zero-order valence-corrected chi connectivity index (χ0v) is 12.7. The van der Waals surface area contributed by atoms with Gasteiger partial charge in [0.25, 0.3) is 0 Å². The molecule has 2 rings (SSSR count). The number of benzene rings is 1. The highest BCUT2D eigenvalue weighted by molar-refractivity contribution is 5.58. The first-order valence-electron chi connectivity index (χ1n) is 7.26. The maximum atomic E-state index is 9.20. The van der Waals surface area contributed by atoms with Crippen molar-refractivity contribution in [2.75, 3.05) is 18.6 Å². The standard InChI is InChI=1S/C18H21N3O/c1-3-7-16(14-22)19-12-15-10-11-18(20-13-15)21(2)17-8-5-4-6-9-17/h1,4-6,8-11,13,16,19,22H,7,12,14H2,2H3. The van der Waals surface area contributed by atoms with Crippen LogP contribution in [0.2, 0.25) is 0 Å². The summed E-state index contributed by atoms with van der Waals surface area (Å²) in [6, 6.07) is 14.0. The molecule has 0 aliphatic rings. The van der Waals surface area contributed by atoms with E-state index in [9.17, 15) is 5.11 Å². The van der Waals surface area contributed by atoms with Crippen LogP contribution in [0.5, 0.6) is 0 Å². The van der Waals surface area contributed by atoms with E-state index in [-0.39, 0.29) is 12.6 Å². The number of aliphatic hydroxyl groups excluding tert-OH is 1. The van der Waals surface area contributed by atoms with Crippen molar-refractivity contribution in [3.05, 3.63) is 54.2 Å². The summed E-state index contributed by atoms with van der Waals surface area (Å²) < 4.78 is 0. The van der Waals surface area contributed by atoms with Crippen LogP contribution in [-0.2, 0) is 6.54 Å². The molecule has 0 bridgehead atoms. The smallest absolute Gasteiger partial charge is 0.132 e. The molecular formula is C18H21N3O. The summed E-state index contributed by atoms with van der Waals surface area (Å²) in [4.78, 5) is 6.52. The van der Waals surface area contributed by atoms with Crippen LogP contribution in [0.4, 0.5) is 11.5 Å². The Bertz CT molecular complexity index is 604. The van der Waals surface area contributed by atoms with Crippen molar-refractivity contribution in [2.45, 2.75) is 19.0 Å². The summed E-state index contributed by atoms with van der Waals surface area (Å²) in [7, 11) is 1.99. The van der Waals surface area contributed by atoms with Gasteiger partial charge in [0.15, 0.2) is 0 Å². The van der Waals surface area contributed by atoms with Crippen LogP contribution >= 0.6 is 0 Å². The Morgan fingerprint density at radius 2 is 2.05 bits per heavy atom. The second kappa shape index (κ2) is 8.18. The SMILES string of the molecule is C#CCC(CO)NCc1ccc(N(C)c2ccccc2)nc1. The van der Waals surface area contributed by atoms with E-state index in [0.29, 0.717) is 13.0 Å². The summed E-state index contributed by atoms with van der Waals surface area (Å²) >= 11 is 0. The van der Waals surface area contributed by atoms with Crippen LogP contribution in [-0.4, -0.2) is 29.8 Å². The molecule has 1 aromatic carbocycles. The number of nitrogens with one attached hydrogen (secondary N) is 1. The number of anilines is 2. The fraction of sp³-hybridized carbons (Fsp3) is 0.278. The van der Waals surface area contributed by atoms with Crippen molar-refractivity contribution in [3.63, 3.8) is 0 Å². The highest BCUT2D eigenvalue weighted by Crippen LogP contribution is 2.20. The lowest BCUT2D eigenvalue weighted by molar-refractivity contribution is 0.243. The molecule has 0 saturated carbocycles. The van der Waals surface area contributed by atoms with E-state index in [4.69, 9.17) is 6.42 Å². The Hall–Kier alpha value is -2.35. The van der Waals surface area contributed by atoms with Crippen LogP contribution in [0, 0.1) is 12.3 Å². The van der Waals surface area contributed by atoms with E-state index in [1.165, 1.54) is 0 Å². The molecular weight excluding hydrogens is 274 g/mol. The number of pyridine rings is 1. The van der Waals surface area contributed by atoms with Crippen LogP contribution in [0.25, 0.3) is 0 Å². The number of nitrogens with zero attached hydrogens (tertiary/aromatic N) is 2. The van der Waals surface area contributed by atoms with Crippen molar-refractivity contribution >= 4 is 11.5 Å². The number of hydrogen-bond donors (Lipinski definition) is 2. The van der Waals surface area contributed by atoms with Gasteiger partial charge in [-0.2, -0.15) is 0 Å². The highest BCUT2D eigenvalue weighted by Gasteiger charge is 2.07. The zero-order chi connectivity index (χ0) is 15.8. The molecule has 0 saturated heterocycles. The summed E-state index contributed by atoms with van der Waals surface area (Å²) in [5.41, 5.74) is 2.15. The van der Waals surface area contributed by atoms with Crippen molar-refractivity contribution in [2.24, 2.45) is 0 Å². The maximum absolute atomic E-state index is 9.20. The predicted octanol–water partition coefficient (Wildman–Crippen LogP) is 2.32. The molecule has 4 heteroatoms. The van der Waals surface area contributed by atoms with E-state index in [2.05, 4.69) is 16.2 Å². The van der Waals surface area contributed by atoms with Crippen LogP contribution < -0.4 is 10.2 Å². The first-order valence-corrected chi connectivity index (χ1v) is 7.26. The van der Waals surface area contributed by atoms with Gasteiger partial charge in [-0.05, 0) is 23.8 Å². The molecule has 0 radical (unpaired) electrons. The van der Waals surface area contributed by atoms with Gasteiger partial charge in [-0.3, -0.25) is 0 Å². The van der Waals surface area contributed by atoms with Crippen LogP contribution in [0.3, 0.4) is 0 Å². The van der Waals surface area contributed by atoms with Gasteiger partial charge >= 0.3 is 0 Å². The van der Waals surface area contributed by atoms with Gasteiger partial charge in [-0.1, -0.05) is 24.3 Å². The number of terminal acetylenes is 1. The van der Waals surface area contributed by atoms with Gasteiger partial charge in [-0.15, -0.1) is 12.3 Å². The number of aliphatic hydroxyl groups is 1. The second-order valence-electron chi connectivity index (χ2n) is 5.09. The van der Waals surface area contributed by atoms with E-state index in [0.717, 1.165) is 17.1 Å². The molecule has 0 fully saturated rings. The third-order valence-corrected chi connectivity index (χ3v) is 3.48. The topological polar surface area (TPSA) is 48.4 Å². The van der Waals surface area contributed by atoms with E-state index in [1.807, 2.05) is 60.6 Å². The lowest BCUT2D eigenvalue weighted by atomic mass is 10.2. The van der Waals surface area contributed by atoms with Crippen LogP contribution in [0.15, 0.2) is 48.7 Å². The monoisotopic (exact) mass is 295 g/mol. The molecule has 1 aromatic heterocycles. The fourth-order valence-corrected chi connectivity index (χ4v) is 2.11. The minimum absolute atomic E-state index is 0.0342. The van der Waals surface area contributed by atoms with Gasteiger partial charge < -0.3 is 15.3 Å². The van der Waals surface area contributed by atoms with Crippen molar-refractivity contribution in [1.29, 1.82) is 0 Å². The third kappa shape index (κ3) is 4.32. The molecule has 0 amide bonds.